The Morgan fingerprint density at radius 2 is 2.46 bits per heavy atom. The molecule has 13 heavy (non-hydrogen) atoms. The van der Waals surface area contributed by atoms with E-state index in [2.05, 4.69) is 15.5 Å². The number of hydrogen-bond donors (Lipinski definition) is 1. The normalized spacial score (nSPS) is 23.3. The molecule has 0 saturated carbocycles. The fourth-order valence-corrected chi connectivity index (χ4v) is 1.73. The average molecular weight is 181 g/mol. The predicted octanol–water partition coefficient (Wildman–Crippen LogP) is 1.06. The number of aryl methyl sites for hydroxylation is 1. The third-order valence-corrected chi connectivity index (χ3v) is 2.40. The van der Waals surface area contributed by atoms with E-state index in [-0.39, 0.29) is 0 Å². The number of aromatic nitrogens is 2. The van der Waals surface area contributed by atoms with E-state index in [0.29, 0.717) is 6.04 Å². The zero-order chi connectivity index (χ0) is 9.10. The van der Waals surface area contributed by atoms with Gasteiger partial charge in [-0.2, -0.15) is 4.98 Å². The molecule has 2 rings (SSSR count). The highest BCUT2D eigenvalue weighted by Gasteiger charge is 2.15. The molecule has 0 spiro atoms. The molecule has 4 nitrogen and oxygen atoms in total. The van der Waals surface area contributed by atoms with Gasteiger partial charge in [-0.25, -0.2) is 0 Å². The molecule has 4 heteroatoms. The van der Waals surface area contributed by atoms with Crippen molar-refractivity contribution in [2.24, 2.45) is 0 Å². The quantitative estimate of drug-likeness (QED) is 0.741. The monoisotopic (exact) mass is 181 g/mol. The Kier molecular flexibility index (Phi) is 2.59. The van der Waals surface area contributed by atoms with E-state index in [1.54, 1.807) is 0 Å². The Morgan fingerprint density at radius 3 is 3.08 bits per heavy atom. The molecule has 0 amide bonds. The van der Waals surface area contributed by atoms with Crippen LogP contribution in [0.2, 0.25) is 0 Å². The number of hydrogen-bond acceptors (Lipinski definition) is 4. The van der Waals surface area contributed by atoms with Crippen LogP contribution in [0.1, 0.15) is 31.0 Å². The van der Waals surface area contributed by atoms with Crippen molar-refractivity contribution in [2.45, 2.75) is 38.6 Å². The van der Waals surface area contributed by atoms with Gasteiger partial charge in [0.2, 0.25) is 5.89 Å². The van der Waals surface area contributed by atoms with E-state index >= 15 is 0 Å². The summed E-state index contributed by atoms with van der Waals surface area (Å²) in [7, 11) is 0. The molecule has 0 aromatic carbocycles. The second kappa shape index (κ2) is 3.87. The maximum Gasteiger partial charge on any atom is 0.228 e. The van der Waals surface area contributed by atoms with Gasteiger partial charge in [0.25, 0.3) is 0 Å². The highest BCUT2D eigenvalue weighted by molar-refractivity contribution is 4.88. The number of rotatable bonds is 2. The summed E-state index contributed by atoms with van der Waals surface area (Å²) in [4.78, 5) is 4.19. The molecule has 1 atom stereocenters. The topological polar surface area (TPSA) is 51.0 Å². The van der Waals surface area contributed by atoms with E-state index in [0.717, 1.165) is 24.7 Å². The lowest BCUT2D eigenvalue weighted by Crippen LogP contribution is -2.35. The summed E-state index contributed by atoms with van der Waals surface area (Å²) in [5.41, 5.74) is 0. The molecule has 1 N–H and O–H groups in total. The van der Waals surface area contributed by atoms with Gasteiger partial charge in [0.15, 0.2) is 5.82 Å². The highest BCUT2D eigenvalue weighted by Crippen LogP contribution is 2.11. The molecule has 1 unspecified atom stereocenters. The first-order chi connectivity index (χ1) is 6.34. The minimum Gasteiger partial charge on any atom is -0.339 e. The third-order valence-electron chi connectivity index (χ3n) is 2.40. The lowest BCUT2D eigenvalue weighted by molar-refractivity contribution is 0.330. The lowest BCUT2D eigenvalue weighted by Gasteiger charge is -2.21. The van der Waals surface area contributed by atoms with E-state index in [1.165, 1.54) is 19.3 Å². The molecule has 1 aliphatic rings. The summed E-state index contributed by atoms with van der Waals surface area (Å²) < 4.78 is 5.07. The van der Waals surface area contributed by atoms with Gasteiger partial charge in [-0.3, -0.25) is 0 Å². The second-order valence-electron chi connectivity index (χ2n) is 3.59. The summed E-state index contributed by atoms with van der Waals surface area (Å²) in [5.74, 6) is 1.49. The molecule has 1 aliphatic heterocycles. The first-order valence-corrected chi connectivity index (χ1v) is 4.87. The Morgan fingerprint density at radius 1 is 1.54 bits per heavy atom. The van der Waals surface area contributed by atoms with Gasteiger partial charge in [-0.15, -0.1) is 0 Å². The van der Waals surface area contributed by atoms with Gasteiger partial charge in [0.05, 0.1) is 0 Å². The summed E-state index contributed by atoms with van der Waals surface area (Å²) >= 11 is 0. The van der Waals surface area contributed by atoms with Gasteiger partial charge in [0, 0.05) is 12.5 Å². The maximum atomic E-state index is 5.07. The van der Waals surface area contributed by atoms with Crippen molar-refractivity contribution in [1.82, 2.24) is 15.5 Å². The van der Waals surface area contributed by atoms with Crippen LogP contribution in [-0.4, -0.2) is 22.7 Å². The van der Waals surface area contributed by atoms with Gasteiger partial charge in [-0.05, 0) is 26.3 Å². The SMILES string of the molecule is Cc1noc(CC2CCCCN2)n1. The fourth-order valence-electron chi connectivity index (χ4n) is 1.73. The van der Waals surface area contributed by atoms with Crippen LogP contribution >= 0.6 is 0 Å². The number of nitrogens with one attached hydrogen (secondary N) is 1. The van der Waals surface area contributed by atoms with Crippen molar-refractivity contribution in [3.05, 3.63) is 11.7 Å². The van der Waals surface area contributed by atoms with Crippen LogP contribution in [0.4, 0.5) is 0 Å². The first kappa shape index (κ1) is 8.69. The zero-order valence-electron chi connectivity index (χ0n) is 7.92. The molecular weight excluding hydrogens is 166 g/mol. The second-order valence-corrected chi connectivity index (χ2v) is 3.59. The molecule has 0 bridgehead atoms. The summed E-state index contributed by atoms with van der Waals surface area (Å²) in [5, 5.41) is 7.22. The van der Waals surface area contributed by atoms with Gasteiger partial charge in [-0.1, -0.05) is 11.6 Å². The average Bonchev–Trinajstić information content (AvgIpc) is 2.53. The molecule has 2 heterocycles. The molecular formula is C9H15N3O. The van der Waals surface area contributed by atoms with Gasteiger partial charge >= 0.3 is 0 Å². The van der Waals surface area contributed by atoms with Crippen molar-refractivity contribution < 1.29 is 4.52 Å². The number of piperidine rings is 1. The van der Waals surface area contributed by atoms with E-state index in [9.17, 15) is 0 Å². The molecule has 0 aliphatic carbocycles. The van der Waals surface area contributed by atoms with E-state index < -0.39 is 0 Å². The van der Waals surface area contributed by atoms with Crippen molar-refractivity contribution >= 4 is 0 Å². The predicted molar refractivity (Wildman–Crippen MR) is 48.4 cm³/mol. The van der Waals surface area contributed by atoms with Crippen LogP contribution in [0, 0.1) is 6.92 Å². The van der Waals surface area contributed by atoms with Crippen LogP contribution < -0.4 is 5.32 Å². The van der Waals surface area contributed by atoms with Crippen molar-refractivity contribution in [3.8, 4) is 0 Å². The smallest absolute Gasteiger partial charge is 0.228 e. The van der Waals surface area contributed by atoms with Crippen LogP contribution in [0.5, 0.6) is 0 Å². The minimum absolute atomic E-state index is 0.536. The van der Waals surface area contributed by atoms with Crippen molar-refractivity contribution in [1.29, 1.82) is 0 Å². The van der Waals surface area contributed by atoms with Crippen LogP contribution in [0.15, 0.2) is 4.52 Å². The Hall–Kier alpha value is -0.900. The van der Waals surface area contributed by atoms with Crippen LogP contribution in [0.3, 0.4) is 0 Å². The third kappa shape index (κ3) is 2.28. The van der Waals surface area contributed by atoms with Crippen molar-refractivity contribution in [3.63, 3.8) is 0 Å². The highest BCUT2D eigenvalue weighted by atomic mass is 16.5. The first-order valence-electron chi connectivity index (χ1n) is 4.87. The molecule has 0 radical (unpaired) electrons. The number of nitrogens with zero attached hydrogens (tertiary/aromatic N) is 2. The van der Waals surface area contributed by atoms with Crippen LogP contribution in [-0.2, 0) is 6.42 Å². The van der Waals surface area contributed by atoms with E-state index in [4.69, 9.17) is 4.52 Å². The molecule has 1 saturated heterocycles. The summed E-state index contributed by atoms with van der Waals surface area (Å²) in [6.07, 6.45) is 4.70. The van der Waals surface area contributed by atoms with Gasteiger partial charge < -0.3 is 9.84 Å². The van der Waals surface area contributed by atoms with Gasteiger partial charge in [0.1, 0.15) is 0 Å². The largest absolute Gasteiger partial charge is 0.339 e. The maximum absolute atomic E-state index is 5.07. The molecule has 1 aromatic heterocycles. The molecule has 1 aromatic rings. The Bertz CT molecular complexity index is 266. The zero-order valence-corrected chi connectivity index (χ0v) is 7.92. The van der Waals surface area contributed by atoms with Crippen LogP contribution in [0.25, 0.3) is 0 Å². The lowest BCUT2D eigenvalue weighted by atomic mass is 10.0. The summed E-state index contributed by atoms with van der Waals surface area (Å²) in [6, 6.07) is 0.536. The van der Waals surface area contributed by atoms with Crippen molar-refractivity contribution in [2.75, 3.05) is 6.54 Å². The van der Waals surface area contributed by atoms with E-state index in [1.807, 2.05) is 6.92 Å². The Labute approximate surface area is 77.7 Å². The Balaban J connectivity index is 1.89. The standard InChI is InChI=1S/C9H15N3O/c1-7-11-9(13-12-7)6-8-4-2-3-5-10-8/h8,10H,2-6H2,1H3. The molecule has 1 fully saturated rings. The summed E-state index contributed by atoms with van der Waals surface area (Å²) in [6.45, 7) is 2.97. The molecule has 72 valence electrons. The minimum atomic E-state index is 0.536. The fraction of sp³-hybridized carbons (Fsp3) is 0.778.